The van der Waals surface area contributed by atoms with Gasteiger partial charge in [-0.1, -0.05) is 13.8 Å². The van der Waals surface area contributed by atoms with Gasteiger partial charge in [-0.15, -0.1) is 0 Å². The van der Waals surface area contributed by atoms with Crippen LogP contribution in [0.15, 0.2) is 0 Å². The fourth-order valence-corrected chi connectivity index (χ4v) is 2.81. The Balaban J connectivity index is 2.43. The monoisotopic (exact) mass is 276 g/mol. The first kappa shape index (κ1) is 15.1. The molecule has 1 fully saturated rings. The van der Waals surface area contributed by atoms with Crippen LogP contribution in [-0.4, -0.2) is 29.1 Å². The lowest BCUT2D eigenvalue weighted by Gasteiger charge is -2.36. The summed E-state index contributed by atoms with van der Waals surface area (Å²) in [5.74, 6) is 3.43. The van der Waals surface area contributed by atoms with E-state index < -0.39 is 0 Å². The van der Waals surface area contributed by atoms with Crippen LogP contribution in [0.2, 0.25) is 0 Å². The van der Waals surface area contributed by atoms with Crippen molar-refractivity contribution >= 4 is 11.6 Å². The normalized spacial score (nSPS) is 19.5. The van der Waals surface area contributed by atoms with Gasteiger partial charge in [0.25, 0.3) is 0 Å². The van der Waals surface area contributed by atoms with Crippen molar-refractivity contribution < 1.29 is 0 Å². The maximum absolute atomic E-state index is 4.86. The number of hydrogen-bond donors (Lipinski definition) is 1. The summed E-state index contributed by atoms with van der Waals surface area (Å²) in [6, 6.07) is 0.576. The van der Waals surface area contributed by atoms with Crippen molar-refractivity contribution in [1.29, 1.82) is 0 Å². The smallest absolute Gasteiger partial charge is 0.137 e. The van der Waals surface area contributed by atoms with E-state index in [0.29, 0.717) is 12.0 Å². The number of piperidine rings is 1. The zero-order valence-corrected chi connectivity index (χ0v) is 13.5. The van der Waals surface area contributed by atoms with Crippen molar-refractivity contribution in [3.63, 3.8) is 0 Å². The minimum Gasteiger partial charge on any atom is -0.370 e. The molecule has 1 saturated heterocycles. The topological polar surface area (TPSA) is 41.1 Å². The summed E-state index contributed by atoms with van der Waals surface area (Å²) in [4.78, 5) is 12.0. The molecule has 1 aromatic heterocycles. The third kappa shape index (κ3) is 3.05. The molecular formula is C16H28N4. The summed E-state index contributed by atoms with van der Waals surface area (Å²) in [5, 5.41) is 3.39. The molecule has 1 N–H and O–H groups in total. The van der Waals surface area contributed by atoms with Gasteiger partial charge in [-0.05, 0) is 40.0 Å². The summed E-state index contributed by atoms with van der Waals surface area (Å²) < 4.78 is 0. The number of nitrogens with zero attached hydrogens (tertiary/aromatic N) is 3. The molecule has 112 valence electrons. The summed E-state index contributed by atoms with van der Waals surface area (Å²) >= 11 is 0. The molecule has 1 aromatic rings. The third-order valence-corrected chi connectivity index (χ3v) is 4.07. The second kappa shape index (κ2) is 6.42. The second-order valence-corrected chi connectivity index (χ2v) is 6.10. The van der Waals surface area contributed by atoms with Crippen LogP contribution in [-0.2, 0) is 0 Å². The number of aromatic nitrogens is 2. The molecule has 2 rings (SSSR count). The molecule has 0 radical (unpaired) electrons. The summed E-state index contributed by atoms with van der Waals surface area (Å²) in [6.07, 6.45) is 3.86. The second-order valence-electron chi connectivity index (χ2n) is 6.10. The summed E-state index contributed by atoms with van der Waals surface area (Å²) in [6.45, 7) is 12.9. The Hall–Kier alpha value is -1.32. The molecule has 0 aliphatic carbocycles. The molecule has 4 heteroatoms. The average Bonchev–Trinajstić information content (AvgIpc) is 2.42. The molecule has 0 aromatic carbocycles. The molecule has 0 amide bonds. The van der Waals surface area contributed by atoms with Gasteiger partial charge in [-0.25, -0.2) is 9.97 Å². The summed E-state index contributed by atoms with van der Waals surface area (Å²) in [7, 11) is 0. The Morgan fingerprint density at radius 3 is 2.65 bits per heavy atom. The van der Waals surface area contributed by atoms with Crippen LogP contribution >= 0.6 is 0 Å². The fraction of sp³-hybridized carbons (Fsp3) is 0.750. The molecular weight excluding hydrogens is 248 g/mol. The van der Waals surface area contributed by atoms with E-state index in [4.69, 9.17) is 9.97 Å². The van der Waals surface area contributed by atoms with Crippen molar-refractivity contribution in [3.05, 3.63) is 11.4 Å². The van der Waals surface area contributed by atoms with Crippen LogP contribution in [0.25, 0.3) is 0 Å². The van der Waals surface area contributed by atoms with Gasteiger partial charge < -0.3 is 10.2 Å². The highest BCUT2D eigenvalue weighted by molar-refractivity contribution is 5.59. The minimum absolute atomic E-state index is 0.354. The zero-order valence-electron chi connectivity index (χ0n) is 13.5. The lowest BCUT2D eigenvalue weighted by molar-refractivity contribution is 0.479. The van der Waals surface area contributed by atoms with E-state index >= 15 is 0 Å². The Bertz CT molecular complexity index is 456. The van der Waals surface area contributed by atoms with Gasteiger partial charge in [0.1, 0.15) is 17.5 Å². The maximum Gasteiger partial charge on any atom is 0.137 e. The van der Waals surface area contributed by atoms with Crippen LogP contribution < -0.4 is 10.2 Å². The first-order valence-corrected chi connectivity index (χ1v) is 7.93. The molecule has 1 aliphatic heterocycles. The van der Waals surface area contributed by atoms with Crippen LogP contribution in [0.1, 0.15) is 64.3 Å². The van der Waals surface area contributed by atoms with Gasteiger partial charge in [0.15, 0.2) is 0 Å². The molecule has 2 heterocycles. The van der Waals surface area contributed by atoms with Gasteiger partial charge in [0.2, 0.25) is 0 Å². The largest absolute Gasteiger partial charge is 0.370 e. The van der Waals surface area contributed by atoms with E-state index in [9.17, 15) is 0 Å². The molecule has 1 atom stereocenters. The molecule has 0 spiro atoms. The molecule has 0 saturated carbocycles. The zero-order chi connectivity index (χ0) is 14.7. The lowest BCUT2D eigenvalue weighted by Crippen LogP contribution is -2.39. The van der Waals surface area contributed by atoms with Crippen LogP contribution in [0.3, 0.4) is 0 Å². The number of anilines is 2. The van der Waals surface area contributed by atoms with Gasteiger partial charge in [0, 0.05) is 30.6 Å². The van der Waals surface area contributed by atoms with Crippen molar-refractivity contribution in [2.75, 3.05) is 23.3 Å². The van der Waals surface area contributed by atoms with Crippen molar-refractivity contribution in [2.45, 2.75) is 65.8 Å². The number of hydrogen-bond acceptors (Lipinski definition) is 4. The maximum atomic E-state index is 4.86. The lowest BCUT2D eigenvalue weighted by atomic mass is 10.0. The predicted molar refractivity (Wildman–Crippen MR) is 85.7 cm³/mol. The van der Waals surface area contributed by atoms with Gasteiger partial charge in [-0.3, -0.25) is 0 Å². The number of rotatable bonds is 4. The Morgan fingerprint density at radius 2 is 2.05 bits per heavy atom. The van der Waals surface area contributed by atoms with E-state index in [2.05, 4.69) is 44.8 Å². The average molecular weight is 276 g/mol. The SMILES string of the molecule is CCNc1nc(C(C)C)nc(N2CCCCC2C)c1C. The van der Waals surface area contributed by atoms with Gasteiger partial charge in [-0.2, -0.15) is 0 Å². The van der Waals surface area contributed by atoms with E-state index in [1.807, 2.05) is 0 Å². The highest BCUT2D eigenvalue weighted by Gasteiger charge is 2.24. The highest BCUT2D eigenvalue weighted by atomic mass is 15.2. The molecule has 1 unspecified atom stereocenters. The standard InChI is InChI=1S/C16H28N4/c1-6-17-15-13(5)16(19-14(18-15)11(2)3)20-10-8-7-9-12(20)4/h11-12H,6-10H2,1-5H3,(H,17,18,19). The van der Waals surface area contributed by atoms with E-state index in [-0.39, 0.29) is 0 Å². The Labute approximate surface area is 123 Å². The first-order chi connectivity index (χ1) is 9.54. The molecule has 0 bridgehead atoms. The van der Waals surface area contributed by atoms with Crippen LogP contribution in [0, 0.1) is 6.92 Å². The number of nitrogens with one attached hydrogen (secondary N) is 1. The van der Waals surface area contributed by atoms with E-state index in [1.54, 1.807) is 0 Å². The van der Waals surface area contributed by atoms with Gasteiger partial charge in [0.05, 0.1) is 0 Å². The Kier molecular flexibility index (Phi) is 4.84. The summed E-state index contributed by atoms with van der Waals surface area (Å²) in [5.41, 5.74) is 1.19. The van der Waals surface area contributed by atoms with E-state index in [1.165, 1.54) is 24.8 Å². The van der Waals surface area contributed by atoms with Gasteiger partial charge >= 0.3 is 0 Å². The quantitative estimate of drug-likeness (QED) is 0.910. The molecule has 1 aliphatic rings. The predicted octanol–water partition coefficient (Wildman–Crippen LogP) is 3.72. The Morgan fingerprint density at radius 1 is 1.30 bits per heavy atom. The molecule has 4 nitrogen and oxygen atoms in total. The fourth-order valence-electron chi connectivity index (χ4n) is 2.81. The van der Waals surface area contributed by atoms with Crippen molar-refractivity contribution in [2.24, 2.45) is 0 Å². The third-order valence-electron chi connectivity index (χ3n) is 4.07. The minimum atomic E-state index is 0.354. The first-order valence-electron chi connectivity index (χ1n) is 7.93. The van der Waals surface area contributed by atoms with Crippen LogP contribution in [0.4, 0.5) is 11.6 Å². The molecule has 20 heavy (non-hydrogen) atoms. The highest BCUT2D eigenvalue weighted by Crippen LogP contribution is 2.30. The van der Waals surface area contributed by atoms with Crippen LogP contribution in [0.5, 0.6) is 0 Å². The van der Waals surface area contributed by atoms with E-state index in [0.717, 1.165) is 30.5 Å². The van der Waals surface area contributed by atoms with Crippen molar-refractivity contribution in [3.8, 4) is 0 Å². The van der Waals surface area contributed by atoms with Crippen molar-refractivity contribution in [1.82, 2.24) is 9.97 Å².